The van der Waals surface area contributed by atoms with Gasteiger partial charge in [-0.1, -0.05) is 12.1 Å². The number of para-hydroxylation sites is 2. The van der Waals surface area contributed by atoms with Crippen LogP contribution in [-0.2, 0) is 4.79 Å². The Hall–Kier alpha value is -1.75. The van der Waals surface area contributed by atoms with Crippen molar-refractivity contribution in [2.45, 2.75) is 6.04 Å². The van der Waals surface area contributed by atoms with Crippen molar-refractivity contribution < 1.29 is 9.53 Å². The number of hydrogen-bond donors (Lipinski definition) is 2. The van der Waals surface area contributed by atoms with Crippen LogP contribution >= 0.6 is 0 Å². The molecule has 0 aliphatic heterocycles. The van der Waals surface area contributed by atoms with Crippen molar-refractivity contribution in [3.63, 3.8) is 0 Å². The number of ether oxygens (including phenoxy) is 1. The number of amides is 1. The number of hydrogen-bond acceptors (Lipinski definition) is 4. The van der Waals surface area contributed by atoms with Crippen LogP contribution in [0, 0.1) is 0 Å². The van der Waals surface area contributed by atoms with E-state index in [2.05, 4.69) is 0 Å². The maximum absolute atomic E-state index is 10.9. The Morgan fingerprint density at radius 1 is 1.50 bits per heavy atom. The van der Waals surface area contributed by atoms with E-state index in [9.17, 15) is 4.79 Å². The third kappa shape index (κ3) is 2.87. The Morgan fingerprint density at radius 3 is 2.69 bits per heavy atom. The second kappa shape index (κ2) is 5.37. The van der Waals surface area contributed by atoms with Crippen LogP contribution in [-0.4, -0.2) is 32.7 Å². The number of anilines is 1. The summed E-state index contributed by atoms with van der Waals surface area (Å²) in [5.74, 6) is 0.225. The summed E-state index contributed by atoms with van der Waals surface area (Å²) >= 11 is 0. The first-order valence-corrected chi connectivity index (χ1v) is 4.95. The molecule has 5 nitrogen and oxygen atoms in total. The zero-order valence-electron chi connectivity index (χ0n) is 9.51. The molecule has 0 saturated heterocycles. The van der Waals surface area contributed by atoms with Gasteiger partial charge in [-0.3, -0.25) is 4.79 Å². The fraction of sp³-hybridized carbons (Fsp3) is 0.364. The summed E-state index contributed by atoms with van der Waals surface area (Å²) in [5, 5.41) is 0. The van der Waals surface area contributed by atoms with Gasteiger partial charge in [0.05, 0.1) is 12.8 Å². The molecular weight excluding hydrogens is 206 g/mol. The summed E-state index contributed by atoms with van der Waals surface area (Å²) in [7, 11) is 3.43. The van der Waals surface area contributed by atoms with Gasteiger partial charge >= 0.3 is 0 Å². The predicted molar refractivity (Wildman–Crippen MR) is 63.4 cm³/mol. The monoisotopic (exact) mass is 223 g/mol. The molecule has 4 N–H and O–H groups in total. The van der Waals surface area contributed by atoms with E-state index >= 15 is 0 Å². The van der Waals surface area contributed by atoms with Gasteiger partial charge in [0.2, 0.25) is 5.91 Å². The van der Waals surface area contributed by atoms with Crippen molar-refractivity contribution in [1.29, 1.82) is 0 Å². The minimum absolute atomic E-state index is 0.357. The molecule has 1 aromatic rings. The van der Waals surface area contributed by atoms with Gasteiger partial charge in [0.1, 0.15) is 11.8 Å². The lowest BCUT2D eigenvalue weighted by Crippen LogP contribution is -2.45. The number of methoxy groups -OCH3 is 1. The molecule has 0 heterocycles. The third-order valence-corrected chi connectivity index (χ3v) is 2.33. The van der Waals surface area contributed by atoms with E-state index in [0.717, 1.165) is 11.4 Å². The average molecular weight is 223 g/mol. The highest BCUT2D eigenvalue weighted by molar-refractivity contribution is 5.80. The topological polar surface area (TPSA) is 81.6 Å². The smallest absolute Gasteiger partial charge is 0.236 e. The van der Waals surface area contributed by atoms with Crippen molar-refractivity contribution in [2.24, 2.45) is 11.5 Å². The van der Waals surface area contributed by atoms with Crippen LogP contribution < -0.4 is 21.1 Å². The average Bonchev–Trinajstić information content (AvgIpc) is 2.28. The molecule has 1 aromatic carbocycles. The molecule has 5 heteroatoms. The maximum Gasteiger partial charge on any atom is 0.236 e. The summed E-state index contributed by atoms with van der Waals surface area (Å²) in [6, 6.07) is 6.83. The van der Waals surface area contributed by atoms with Crippen LogP contribution in [0.25, 0.3) is 0 Å². The Labute approximate surface area is 95.0 Å². The highest BCUT2D eigenvalue weighted by Gasteiger charge is 2.14. The number of rotatable bonds is 5. The quantitative estimate of drug-likeness (QED) is 0.733. The fourth-order valence-corrected chi connectivity index (χ4v) is 1.43. The van der Waals surface area contributed by atoms with Crippen molar-refractivity contribution >= 4 is 11.6 Å². The van der Waals surface area contributed by atoms with Gasteiger partial charge in [0.25, 0.3) is 0 Å². The van der Waals surface area contributed by atoms with Gasteiger partial charge < -0.3 is 21.1 Å². The third-order valence-electron chi connectivity index (χ3n) is 2.33. The second-order valence-electron chi connectivity index (χ2n) is 3.56. The minimum atomic E-state index is -0.685. The first-order chi connectivity index (χ1) is 7.56. The van der Waals surface area contributed by atoms with Crippen LogP contribution in [0.3, 0.4) is 0 Å². The molecule has 1 rings (SSSR count). The number of likely N-dealkylation sites (N-methyl/N-ethyl adjacent to an activating group) is 1. The van der Waals surface area contributed by atoms with E-state index in [4.69, 9.17) is 16.2 Å². The van der Waals surface area contributed by atoms with Crippen LogP contribution in [0.4, 0.5) is 5.69 Å². The molecule has 1 unspecified atom stereocenters. The second-order valence-corrected chi connectivity index (χ2v) is 3.56. The van der Waals surface area contributed by atoms with E-state index in [0.29, 0.717) is 6.54 Å². The number of nitrogens with two attached hydrogens (primary N) is 2. The van der Waals surface area contributed by atoms with Gasteiger partial charge in [0.15, 0.2) is 0 Å². The molecule has 0 aliphatic rings. The Balaban J connectivity index is 2.79. The lowest BCUT2D eigenvalue weighted by Gasteiger charge is -2.23. The van der Waals surface area contributed by atoms with Gasteiger partial charge in [0, 0.05) is 13.6 Å². The molecule has 1 atom stereocenters. The summed E-state index contributed by atoms with van der Waals surface area (Å²) in [5.41, 5.74) is 11.6. The molecule has 16 heavy (non-hydrogen) atoms. The molecule has 1 amide bonds. The zero-order chi connectivity index (χ0) is 12.1. The summed E-state index contributed by atoms with van der Waals surface area (Å²) in [4.78, 5) is 12.7. The van der Waals surface area contributed by atoms with E-state index < -0.39 is 11.9 Å². The molecule has 0 fully saturated rings. The van der Waals surface area contributed by atoms with Crippen molar-refractivity contribution in [1.82, 2.24) is 0 Å². The summed E-state index contributed by atoms with van der Waals surface area (Å²) in [6.45, 7) is 0.357. The molecule has 0 radical (unpaired) electrons. The number of carbonyl (C=O) groups is 1. The fourth-order valence-electron chi connectivity index (χ4n) is 1.43. The van der Waals surface area contributed by atoms with Gasteiger partial charge in [-0.25, -0.2) is 0 Å². The van der Waals surface area contributed by atoms with Crippen molar-refractivity contribution in [3.05, 3.63) is 24.3 Å². The van der Waals surface area contributed by atoms with Crippen molar-refractivity contribution in [3.8, 4) is 5.75 Å². The number of benzene rings is 1. The lowest BCUT2D eigenvalue weighted by atomic mass is 10.2. The Bertz CT molecular complexity index is 368. The molecule has 88 valence electrons. The van der Waals surface area contributed by atoms with Crippen LogP contribution in [0.15, 0.2) is 24.3 Å². The summed E-state index contributed by atoms with van der Waals surface area (Å²) < 4.78 is 5.21. The van der Waals surface area contributed by atoms with E-state index in [1.54, 1.807) is 7.11 Å². The maximum atomic E-state index is 10.9. The van der Waals surface area contributed by atoms with E-state index in [1.807, 2.05) is 36.2 Å². The standard InChI is InChI=1S/C11H17N3O2/c1-14(7-8(12)11(13)15)9-5-3-4-6-10(9)16-2/h3-6,8H,7,12H2,1-2H3,(H2,13,15). The summed E-state index contributed by atoms with van der Waals surface area (Å²) in [6.07, 6.45) is 0. The zero-order valence-corrected chi connectivity index (χ0v) is 9.51. The normalized spacial score (nSPS) is 11.9. The first kappa shape index (κ1) is 12.3. The molecule has 0 aliphatic carbocycles. The van der Waals surface area contributed by atoms with Crippen LogP contribution in [0.5, 0.6) is 5.75 Å². The lowest BCUT2D eigenvalue weighted by molar-refractivity contribution is -0.119. The van der Waals surface area contributed by atoms with Crippen LogP contribution in [0.1, 0.15) is 0 Å². The molecule has 0 spiro atoms. The minimum Gasteiger partial charge on any atom is -0.495 e. The molecule has 0 saturated carbocycles. The largest absolute Gasteiger partial charge is 0.495 e. The SMILES string of the molecule is COc1ccccc1N(C)CC(N)C(N)=O. The number of carbonyl (C=O) groups excluding carboxylic acids is 1. The molecular formula is C11H17N3O2. The highest BCUT2D eigenvalue weighted by atomic mass is 16.5. The highest BCUT2D eigenvalue weighted by Crippen LogP contribution is 2.26. The van der Waals surface area contributed by atoms with Gasteiger partial charge in [-0.15, -0.1) is 0 Å². The molecule has 0 aromatic heterocycles. The Morgan fingerprint density at radius 2 is 2.12 bits per heavy atom. The van der Waals surface area contributed by atoms with E-state index in [-0.39, 0.29) is 0 Å². The van der Waals surface area contributed by atoms with Crippen molar-refractivity contribution in [2.75, 3.05) is 25.6 Å². The predicted octanol–water partition coefficient (Wildman–Crippen LogP) is -0.0560. The molecule has 0 bridgehead atoms. The van der Waals surface area contributed by atoms with E-state index in [1.165, 1.54) is 0 Å². The van der Waals surface area contributed by atoms with Crippen LogP contribution in [0.2, 0.25) is 0 Å². The number of nitrogens with zero attached hydrogens (tertiary/aromatic N) is 1. The van der Waals surface area contributed by atoms with Gasteiger partial charge in [-0.05, 0) is 12.1 Å². The number of primary amides is 1. The van der Waals surface area contributed by atoms with Gasteiger partial charge in [-0.2, -0.15) is 0 Å². The first-order valence-electron chi connectivity index (χ1n) is 4.95. The Kier molecular flexibility index (Phi) is 4.13.